The molecule has 0 saturated carbocycles. The summed E-state index contributed by atoms with van der Waals surface area (Å²) in [6.07, 6.45) is 1.10. The molecule has 0 spiro atoms. The zero-order valence-electron chi connectivity index (χ0n) is 65.5. The van der Waals surface area contributed by atoms with Crippen molar-refractivity contribution in [3.63, 3.8) is 0 Å². The molecule has 0 aliphatic heterocycles. The van der Waals surface area contributed by atoms with Crippen LogP contribution in [0.3, 0.4) is 0 Å². The first-order chi connectivity index (χ1) is 45.8. The van der Waals surface area contributed by atoms with Gasteiger partial charge in [-0.1, -0.05) is 358 Å². The molecule has 0 unspecified atom stereocenters. The van der Waals surface area contributed by atoms with Crippen LogP contribution >= 0.6 is 0 Å². The van der Waals surface area contributed by atoms with E-state index < -0.39 is 0 Å². The van der Waals surface area contributed by atoms with Gasteiger partial charge in [0.1, 0.15) is 11.5 Å². The van der Waals surface area contributed by atoms with E-state index in [9.17, 15) is 0 Å². The highest BCUT2D eigenvalue weighted by molar-refractivity contribution is 5.74. The van der Waals surface area contributed by atoms with Crippen molar-refractivity contribution in [3.8, 4) is 67.1 Å². The second-order valence-electron chi connectivity index (χ2n) is 33.0. The van der Waals surface area contributed by atoms with E-state index in [4.69, 9.17) is 9.47 Å². The van der Waals surface area contributed by atoms with Crippen LogP contribution < -0.4 is 9.47 Å². The van der Waals surface area contributed by atoms with E-state index >= 15 is 0 Å². The van der Waals surface area contributed by atoms with Crippen LogP contribution in [0.5, 0.6) is 11.5 Å². The smallest absolute Gasteiger partial charge is 0.130 e. The van der Waals surface area contributed by atoms with Crippen molar-refractivity contribution >= 4 is 0 Å². The third-order valence-corrected chi connectivity index (χ3v) is 18.6. The molecule has 0 atom stereocenters. The van der Waals surface area contributed by atoms with Gasteiger partial charge >= 0.3 is 0 Å². The van der Waals surface area contributed by atoms with Gasteiger partial charge in [0.25, 0.3) is 0 Å². The van der Waals surface area contributed by atoms with Crippen molar-refractivity contribution in [2.75, 3.05) is 14.2 Å². The van der Waals surface area contributed by atoms with E-state index in [1.165, 1.54) is 111 Å². The largest absolute Gasteiger partial charge is 0.497 e. The highest BCUT2D eigenvalue weighted by atomic mass is 16.5. The maximum absolute atomic E-state index is 5.49. The first-order valence-corrected chi connectivity index (χ1v) is 36.0. The summed E-state index contributed by atoms with van der Waals surface area (Å²) in [5.41, 5.74) is 30.4. The van der Waals surface area contributed by atoms with Crippen LogP contribution in [0.2, 0.25) is 0 Å². The molecule has 0 fully saturated rings. The average molecular weight is 1310 g/mol. The third-order valence-electron chi connectivity index (χ3n) is 18.6. The Kier molecular flexibility index (Phi) is 27.4. The molecule has 2 nitrogen and oxygen atoms in total. The lowest BCUT2D eigenvalue weighted by Gasteiger charge is -2.20. The summed E-state index contributed by atoms with van der Waals surface area (Å²) in [6.45, 7) is 56.1. The van der Waals surface area contributed by atoms with E-state index in [2.05, 4.69) is 373 Å². The van der Waals surface area contributed by atoms with Gasteiger partial charge in [-0.15, -0.1) is 0 Å². The Morgan fingerprint density at radius 3 is 1.06 bits per heavy atom. The van der Waals surface area contributed by atoms with Gasteiger partial charge in [-0.25, -0.2) is 0 Å². The zero-order valence-corrected chi connectivity index (χ0v) is 65.5. The van der Waals surface area contributed by atoms with Crippen LogP contribution in [-0.2, 0) is 33.5 Å². The molecule has 518 valence electrons. The lowest BCUT2D eigenvalue weighted by Crippen LogP contribution is -2.10. The molecule has 0 radical (unpaired) electrons. The fraction of sp³-hybridized carbons (Fsp3) is 0.375. The molecule has 98 heavy (non-hydrogen) atoms. The average Bonchev–Trinajstić information content (AvgIpc) is 0.835. The van der Waals surface area contributed by atoms with Gasteiger partial charge in [0.05, 0.1) is 14.2 Å². The Morgan fingerprint density at radius 2 is 0.663 bits per heavy atom. The number of ether oxygens (including phenoxy) is 2. The van der Waals surface area contributed by atoms with E-state index in [1.807, 2.05) is 18.2 Å². The van der Waals surface area contributed by atoms with Crippen molar-refractivity contribution in [2.45, 2.75) is 224 Å². The maximum atomic E-state index is 5.49. The highest BCUT2D eigenvalue weighted by Gasteiger charge is 2.20. The summed E-state index contributed by atoms with van der Waals surface area (Å²) in [4.78, 5) is 0. The lowest BCUT2D eigenvalue weighted by atomic mass is 9.84. The SMILES string of the molecule is CCc1ccc(-c2cccc(C(C)(C)C)c2)cc1.COc1ccc(-c2cccc(C(C)(C)C)c2)c(OC)c1.Cc1cc(-c2cccc(C(C)(C)C)c2)cc(C(C)C)c1.Cc1cc(C(C)C)ccc1-c1cccc(C(C)(C)C)c1.Cc1ccc(C(C)C)cc1-c1cccc(C(C)(C)C)c1. The summed E-state index contributed by atoms with van der Waals surface area (Å²) >= 11 is 0. The van der Waals surface area contributed by atoms with Crippen molar-refractivity contribution in [3.05, 3.63) is 285 Å². The zero-order chi connectivity index (χ0) is 72.7. The Bertz CT molecular complexity index is 4170. The van der Waals surface area contributed by atoms with Crippen LogP contribution in [-0.4, -0.2) is 14.2 Å². The van der Waals surface area contributed by atoms with Crippen molar-refractivity contribution < 1.29 is 9.47 Å². The van der Waals surface area contributed by atoms with Crippen LogP contribution in [0, 0.1) is 20.8 Å². The van der Waals surface area contributed by atoms with Gasteiger partial charge in [0, 0.05) is 11.6 Å². The molecule has 10 aromatic carbocycles. The third kappa shape index (κ3) is 22.7. The van der Waals surface area contributed by atoms with Crippen LogP contribution in [0.15, 0.2) is 218 Å². The minimum atomic E-state index is 0.135. The Labute approximate surface area is 596 Å². The molecule has 0 aromatic heterocycles. The van der Waals surface area contributed by atoms with Gasteiger partial charge < -0.3 is 9.47 Å². The second kappa shape index (κ2) is 34.0. The van der Waals surface area contributed by atoms with Gasteiger partial charge in [0.15, 0.2) is 0 Å². The van der Waals surface area contributed by atoms with Gasteiger partial charge in [-0.2, -0.15) is 0 Å². The Balaban J connectivity index is 0.000000193. The quantitative estimate of drug-likeness (QED) is 0.128. The molecule has 0 heterocycles. The molecule has 0 aliphatic rings. The number of methoxy groups -OCH3 is 2. The number of hydrogen-bond acceptors (Lipinski definition) is 2. The first kappa shape index (κ1) is 78.8. The predicted octanol–water partition coefficient (Wildman–Crippen LogP) is 28.1. The minimum Gasteiger partial charge on any atom is -0.497 e. The second-order valence-corrected chi connectivity index (χ2v) is 33.0. The minimum absolute atomic E-state index is 0.135. The number of rotatable bonds is 11. The maximum Gasteiger partial charge on any atom is 0.130 e. The Morgan fingerprint density at radius 1 is 0.286 bits per heavy atom. The number of aryl methyl sites for hydroxylation is 4. The van der Waals surface area contributed by atoms with E-state index in [0.717, 1.165) is 29.0 Å². The number of hydrogen-bond donors (Lipinski definition) is 0. The van der Waals surface area contributed by atoms with Crippen LogP contribution in [0.25, 0.3) is 55.6 Å². The molecule has 10 aromatic rings. The molecule has 0 aliphatic carbocycles. The normalized spacial score (nSPS) is 11.7. The summed E-state index contributed by atoms with van der Waals surface area (Å²) < 4.78 is 10.7. The standard InChI is InChI=1S/3C20H26.C18H22O2.C18H22/c1-14(2)17-10-15(3)11-18(12-17)16-8-7-9-19(13-16)20(4,5)6;1-14(2)16-10-11-19(15(3)12-16)17-8-7-9-18(13-17)20(4,5)6;1-14(2)16-11-10-15(3)19(13-16)17-8-7-9-18(12-17)20(4,5)6;1-18(2,3)14-8-6-7-13(11-14)16-10-9-15(19-4)12-17(16)20-5;1-5-14-9-11-15(12-10-14)16-7-6-8-17(13-16)18(2,3)4/h3*7-14H,1-6H3;6-12H,1-5H3;6-13H,5H2,1-4H3. The number of benzene rings is 10. The van der Waals surface area contributed by atoms with E-state index in [1.54, 1.807) is 14.2 Å². The van der Waals surface area contributed by atoms with Gasteiger partial charge in [0.2, 0.25) is 0 Å². The van der Waals surface area contributed by atoms with Crippen molar-refractivity contribution in [1.29, 1.82) is 0 Å². The fourth-order valence-electron chi connectivity index (χ4n) is 11.8. The van der Waals surface area contributed by atoms with Crippen molar-refractivity contribution in [1.82, 2.24) is 0 Å². The summed E-state index contributed by atoms with van der Waals surface area (Å²) in [7, 11) is 3.35. The predicted molar refractivity (Wildman–Crippen MR) is 432 cm³/mol. The monoisotopic (exact) mass is 1310 g/mol. The lowest BCUT2D eigenvalue weighted by molar-refractivity contribution is 0.395. The summed E-state index contributed by atoms with van der Waals surface area (Å²) in [6, 6.07) is 79.7. The van der Waals surface area contributed by atoms with Crippen LogP contribution in [0.4, 0.5) is 0 Å². The van der Waals surface area contributed by atoms with Crippen molar-refractivity contribution in [2.24, 2.45) is 0 Å². The molecular weight excluding hydrogens is 1190 g/mol. The van der Waals surface area contributed by atoms with Crippen LogP contribution in [0.1, 0.15) is 237 Å². The summed E-state index contributed by atoms with van der Waals surface area (Å²) in [5.74, 6) is 3.36. The van der Waals surface area contributed by atoms with E-state index in [0.29, 0.717) is 17.8 Å². The molecule has 0 saturated heterocycles. The first-order valence-electron chi connectivity index (χ1n) is 36.0. The summed E-state index contributed by atoms with van der Waals surface area (Å²) in [5, 5.41) is 0. The molecule has 2 heteroatoms. The molecule has 0 amide bonds. The van der Waals surface area contributed by atoms with E-state index in [-0.39, 0.29) is 27.1 Å². The Hall–Kier alpha value is -8.20. The molecular formula is C96H122O2. The molecule has 10 rings (SSSR count). The van der Waals surface area contributed by atoms with Gasteiger partial charge in [-0.3, -0.25) is 0 Å². The van der Waals surface area contributed by atoms with Gasteiger partial charge in [-0.05, 0) is 195 Å². The fourth-order valence-corrected chi connectivity index (χ4v) is 11.8. The molecule has 0 bridgehead atoms. The molecule has 0 N–H and O–H groups in total. The highest BCUT2D eigenvalue weighted by Crippen LogP contribution is 2.38. The topological polar surface area (TPSA) is 18.5 Å².